The molecule has 7 heteroatoms. The van der Waals surface area contributed by atoms with Gasteiger partial charge < -0.3 is 10.1 Å². The molecule has 0 aliphatic heterocycles. The summed E-state index contributed by atoms with van der Waals surface area (Å²) in [5, 5.41) is 2.73. The van der Waals surface area contributed by atoms with E-state index in [2.05, 4.69) is 21.2 Å². The molecule has 0 radical (unpaired) electrons. The third-order valence-corrected chi connectivity index (χ3v) is 3.34. The number of rotatable bonds is 3. The predicted molar refractivity (Wildman–Crippen MR) is 80.0 cm³/mol. The average molecular weight is 377 g/mol. The predicted octanol–water partition coefficient (Wildman–Crippen LogP) is 4.64. The van der Waals surface area contributed by atoms with Crippen molar-refractivity contribution in [1.29, 1.82) is 0 Å². The second-order valence-corrected chi connectivity index (χ2v) is 5.40. The average Bonchev–Trinajstić information content (AvgIpc) is 2.37. The largest absolute Gasteiger partial charge is 0.495 e. The van der Waals surface area contributed by atoms with Crippen molar-refractivity contribution in [3.63, 3.8) is 0 Å². The van der Waals surface area contributed by atoms with Gasteiger partial charge in [0.05, 0.1) is 12.8 Å². The number of methoxy groups -OCH3 is 1. The first-order valence-electron chi connectivity index (χ1n) is 5.72. The topological polar surface area (TPSA) is 38.3 Å². The van der Waals surface area contributed by atoms with E-state index in [9.17, 15) is 13.6 Å². The zero-order valence-electron chi connectivity index (χ0n) is 10.7. The summed E-state index contributed by atoms with van der Waals surface area (Å²) in [6.07, 6.45) is 0. The van der Waals surface area contributed by atoms with Crippen molar-refractivity contribution >= 4 is 39.1 Å². The Labute approximate surface area is 133 Å². The Morgan fingerprint density at radius 1 is 1.24 bits per heavy atom. The van der Waals surface area contributed by atoms with E-state index in [4.69, 9.17) is 16.3 Å². The summed E-state index contributed by atoms with van der Waals surface area (Å²) in [4.78, 5) is 12.0. The molecule has 0 spiro atoms. The molecule has 0 heterocycles. The molecule has 1 N–H and O–H groups in total. The molecule has 2 rings (SSSR count). The van der Waals surface area contributed by atoms with Gasteiger partial charge in [-0.25, -0.2) is 8.78 Å². The molecular weight excluding hydrogens is 368 g/mol. The molecule has 0 aliphatic carbocycles. The second kappa shape index (κ2) is 6.41. The number of hydrogen-bond acceptors (Lipinski definition) is 2. The molecule has 0 unspecified atom stereocenters. The minimum Gasteiger partial charge on any atom is -0.495 e. The first-order valence-corrected chi connectivity index (χ1v) is 6.89. The standard InChI is InChI=1S/C14H9BrClF2NO2/c1-21-12-3-2-8(16)6-11(12)19-14(20)13-9(17)4-7(15)5-10(13)18/h2-6H,1H3,(H,19,20). The smallest absolute Gasteiger partial charge is 0.261 e. The van der Waals surface area contributed by atoms with E-state index in [0.29, 0.717) is 10.8 Å². The van der Waals surface area contributed by atoms with Crippen LogP contribution in [-0.2, 0) is 0 Å². The maximum Gasteiger partial charge on any atom is 0.261 e. The summed E-state index contributed by atoms with van der Waals surface area (Å²) >= 11 is 8.77. The van der Waals surface area contributed by atoms with Crippen molar-refractivity contribution in [2.75, 3.05) is 12.4 Å². The number of carbonyl (C=O) groups excluding carboxylic acids is 1. The van der Waals surface area contributed by atoms with E-state index in [-0.39, 0.29) is 10.2 Å². The van der Waals surface area contributed by atoms with Gasteiger partial charge in [0.2, 0.25) is 0 Å². The molecule has 0 atom stereocenters. The van der Waals surface area contributed by atoms with Gasteiger partial charge in [0.1, 0.15) is 22.9 Å². The molecule has 0 saturated heterocycles. The van der Waals surface area contributed by atoms with Crippen LogP contribution in [-0.4, -0.2) is 13.0 Å². The molecule has 21 heavy (non-hydrogen) atoms. The Balaban J connectivity index is 2.37. The van der Waals surface area contributed by atoms with Gasteiger partial charge in [-0.3, -0.25) is 4.79 Å². The van der Waals surface area contributed by atoms with E-state index in [0.717, 1.165) is 12.1 Å². The van der Waals surface area contributed by atoms with E-state index >= 15 is 0 Å². The zero-order chi connectivity index (χ0) is 15.6. The molecular formula is C14H9BrClF2NO2. The first-order chi connectivity index (χ1) is 9.92. The van der Waals surface area contributed by atoms with Crippen molar-refractivity contribution in [3.05, 3.63) is 57.0 Å². The lowest BCUT2D eigenvalue weighted by Crippen LogP contribution is -2.16. The summed E-state index contributed by atoms with van der Waals surface area (Å²) < 4.78 is 32.7. The van der Waals surface area contributed by atoms with E-state index in [1.54, 1.807) is 6.07 Å². The lowest BCUT2D eigenvalue weighted by atomic mass is 10.1. The Bertz CT molecular complexity index is 686. The van der Waals surface area contributed by atoms with Crippen LogP contribution in [0.4, 0.5) is 14.5 Å². The van der Waals surface area contributed by atoms with Gasteiger partial charge in [0.25, 0.3) is 5.91 Å². The third kappa shape index (κ3) is 3.51. The Kier molecular flexibility index (Phi) is 4.80. The Morgan fingerprint density at radius 3 is 2.43 bits per heavy atom. The monoisotopic (exact) mass is 375 g/mol. The minimum absolute atomic E-state index is 0.203. The zero-order valence-corrected chi connectivity index (χ0v) is 13.1. The number of anilines is 1. The van der Waals surface area contributed by atoms with Gasteiger partial charge in [-0.2, -0.15) is 0 Å². The highest BCUT2D eigenvalue weighted by Gasteiger charge is 2.19. The summed E-state index contributed by atoms with van der Waals surface area (Å²) in [7, 11) is 1.40. The summed E-state index contributed by atoms with van der Waals surface area (Å²) in [5.74, 6) is -2.55. The molecule has 110 valence electrons. The van der Waals surface area contributed by atoms with Crippen LogP contribution in [0.15, 0.2) is 34.8 Å². The number of nitrogens with one attached hydrogen (secondary N) is 1. The molecule has 2 aromatic rings. The van der Waals surface area contributed by atoms with Crippen molar-refractivity contribution in [2.24, 2.45) is 0 Å². The van der Waals surface area contributed by atoms with Gasteiger partial charge in [-0.05, 0) is 30.3 Å². The Morgan fingerprint density at radius 2 is 1.86 bits per heavy atom. The van der Waals surface area contributed by atoms with Gasteiger partial charge >= 0.3 is 0 Å². The minimum atomic E-state index is -0.972. The van der Waals surface area contributed by atoms with E-state index in [1.165, 1.54) is 19.2 Å². The second-order valence-electron chi connectivity index (χ2n) is 4.04. The van der Waals surface area contributed by atoms with E-state index < -0.39 is 23.1 Å². The highest BCUT2D eigenvalue weighted by Crippen LogP contribution is 2.29. The molecule has 3 nitrogen and oxygen atoms in total. The molecule has 2 aromatic carbocycles. The third-order valence-electron chi connectivity index (χ3n) is 2.64. The molecule has 1 amide bonds. The van der Waals surface area contributed by atoms with Crippen LogP contribution in [0.2, 0.25) is 5.02 Å². The van der Waals surface area contributed by atoms with Crippen LogP contribution in [0, 0.1) is 11.6 Å². The number of hydrogen-bond donors (Lipinski definition) is 1. The van der Waals surface area contributed by atoms with Crippen LogP contribution in [0.1, 0.15) is 10.4 Å². The quantitative estimate of drug-likeness (QED) is 0.847. The number of amides is 1. The van der Waals surface area contributed by atoms with Crippen LogP contribution in [0.25, 0.3) is 0 Å². The fourth-order valence-corrected chi connectivity index (χ4v) is 2.30. The SMILES string of the molecule is COc1ccc(Cl)cc1NC(=O)c1c(F)cc(Br)cc1F. The summed E-state index contributed by atoms with van der Waals surface area (Å²) in [6, 6.07) is 6.54. The van der Waals surface area contributed by atoms with Crippen LogP contribution in [0.3, 0.4) is 0 Å². The fourth-order valence-electron chi connectivity index (χ4n) is 1.72. The number of halogens is 4. The van der Waals surface area contributed by atoms with Gasteiger partial charge in [0, 0.05) is 9.50 Å². The molecule has 0 aromatic heterocycles. The lowest BCUT2D eigenvalue weighted by Gasteiger charge is -2.11. The molecule has 0 bridgehead atoms. The molecule has 0 fully saturated rings. The number of ether oxygens (including phenoxy) is 1. The normalized spacial score (nSPS) is 10.3. The Hall–Kier alpha value is -1.66. The molecule has 0 saturated carbocycles. The van der Waals surface area contributed by atoms with Gasteiger partial charge in [0.15, 0.2) is 0 Å². The fraction of sp³-hybridized carbons (Fsp3) is 0.0714. The van der Waals surface area contributed by atoms with Crippen LogP contribution < -0.4 is 10.1 Å². The van der Waals surface area contributed by atoms with Crippen molar-refractivity contribution in [3.8, 4) is 5.75 Å². The van der Waals surface area contributed by atoms with Crippen molar-refractivity contribution < 1.29 is 18.3 Å². The molecule has 0 aliphatic rings. The van der Waals surface area contributed by atoms with Gasteiger partial charge in [-0.1, -0.05) is 27.5 Å². The van der Waals surface area contributed by atoms with E-state index in [1.807, 2.05) is 0 Å². The van der Waals surface area contributed by atoms with Crippen molar-refractivity contribution in [1.82, 2.24) is 0 Å². The summed E-state index contributed by atoms with van der Waals surface area (Å²) in [5.41, 5.74) is -0.461. The van der Waals surface area contributed by atoms with Crippen LogP contribution in [0.5, 0.6) is 5.75 Å². The summed E-state index contributed by atoms with van der Waals surface area (Å²) in [6.45, 7) is 0. The highest BCUT2D eigenvalue weighted by molar-refractivity contribution is 9.10. The van der Waals surface area contributed by atoms with Crippen molar-refractivity contribution in [2.45, 2.75) is 0 Å². The number of benzene rings is 2. The number of carbonyl (C=O) groups is 1. The van der Waals surface area contributed by atoms with Gasteiger partial charge in [-0.15, -0.1) is 0 Å². The first kappa shape index (κ1) is 15.7. The van der Waals surface area contributed by atoms with Crippen LogP contribution >= 0.6 is 27.5 Å². The lowest BCUT2D eigenvalue weighted by molar-refractivity contribution is 0.101. The highest BCUT2D eigenvalue weighted by atomic mass is 79.9. The maximum atomic E-state index is 13.7. The maximum absolute atomic E-state index is 13.7.